The predicted octanol–water partition coefficient (Wildman–Crippen LogP) is 4.81. The van der Waals surface area contributed by atoms with Crippen molar-refractivity contribution in [3.05, 3.63) is 35.0 Å². The highest BCUT2D eigenvalue weighted by Gasteiger charge is 2.25. The summed E-state index contributed by atoms with van der Waals surface area (Å²) < 4.78 is 2.17. The lowest BCUT2D eigenvalue weighted by Gasteiger charge is -2.31. The molecule has 2 fully saturated rings. The van der Waals surface area contributed by atoms with Crippen molar-refractivity contribution in [2.75, 3.05) is 32.7 Å². The second-order valence-electron chi connectivity index (χ2n) is 9.86. The summed E-state index contributed by atoms with van der Waals surface area (Å²) in [5.41, 5.74) is 2.53. The lowest BCUT2D eigenvalue weighted by atomic mass is 9.95. The molecule has 2 aliphatic rings. The van der Waals surface area contributed by atoms with Gasteiger partial charge in [0, 0.05) is 54.2 Å². The number of benzene rings is 1. The molecule has 0 bridgehead atoms. The molecule has 6 heteroatoms. The van der Waals surface area contributed by atoms with E-state index in [4.69, 9.17) is 11.6 Å². The van der Waals surface area contributed by atoms with Gasteiger partial charge in [0.2, 0.25) is 5.91 Å². The van der Waals surface area contributed by atoms with E-state index in [-0.39, 0.29) is 11.8 Å². The van der Waals surface area contributed by atoms with E-state index in [9.17, 15) is 4.79 Å². The number of aromatic nitrogens is 1. The van der Waals surface area contributed by atoms with E-state index in [1.807, 2.05) is 6.07 Å². The summed E-state index contributed by atoms with van der Waals surface area (Å²) in [4.78, 5) is 17.8. The summed E-state index contributed by atoms with van der Waals surface area (Å²) >= 11 is 6.24. The third-order valence-electron chi connectivity index (χ3n) is 7.51. The molecule has 0 spiro atoms. The fraction of sp³-hybridized carbons (Fsp3) is 0.654. The van der Waals surface area contributed by atoms with Gasteiger partial charge in [-0.3, -0.25) is 9.69 Å². The van der Waals surface area contributed by atoms with Crippen LogP contribution in [-0.2, 0) is 18.4 Å². The molecule has 2 aromatic rings. The average molecular weight is 459 g/mol. The lowest BCUT2D eigenvalue weighted by Crippen LogP contribution is -2.42. The summed E-state index contributed by atoms with van der Waals surface area (Å²) in [6, 6.07) is 6.67. The number of carbonyl (C=O) groups is 1. The number of hydrogen-bond donors (Lipinski definition) is 1. The van der Waals surface area contributed by atoms with Crippen LogP contribution in [0.25, 0.3) is 10.9 Å². The van der Waals surface area contributed by atoms with Crippen molar-refractivity contribution in [3.63, 3.8) is 0 Å². The van der Waals surface area contributed by atoms with Crippen LogP contribution < -0.4 is 5.32 Å². The Morgan fingerprint density at radius 3 is 2.56 bits per heavy atom. The molecule has 1 atom stereocenters. The maximum atomic E-state index is 12.7. The van der Waals surface area contributed by atoms with Crippen LogP contribution in [0.3, 0.4) is 0 Å². The topological polar surface area (TPSA) is 40.5 Å². The summed E-state index contributed by atoms with van der Waals surface area (Å²) in [7, 11) is 2.09. The minimum Gasteiger partial charge on any atom is -0.356 e. The van der Waals surface area contributed by atoms with Crippen molar-refractivity contribution in [1.82, 2.24) is 19.7 Å². The summed E-state index contributed by atoms with van der Waals surface area (Å²) in [6.45, 7) is 8.41. The van der Waals surface area contributed by atoms with Gasteiger partial charge in [-0.25, -0.2) is 0 Å². The molecule has 5 nitrogen and oxygen atoms in total. The van der Waals surface area contributed by atoms with E-state index in [1.165, 1.54) is 55.2 Å². The van der Waals surface area contributed by atoms with Crippen molar-refractivity contribution in [3.8, 4) is 0 Å². The fourth-order valence-corrected chi connectivity index (χ4v) is 5.61. The van der Waals surface area contributed by atoms with Crippen molar-refractivity contribution >= 4 is 28.4 Å². The number of nitrogens with one attached hydrogen (secondary N) is 1. The Morgan fingerprint density at radius 1 is 1.12 bits per heavy atom. The zero-order chi connectivity index (χ0) is 22.5. The van der Waals surface area contributed by atoms with Gasteiger partial charge in [0.05, 0.1) is 0 Å². The monoisotopic (exact) mass is 458 g/mol. The first-order chi connectivity index (χ1) is 15.5. The van der Waals surface area contributed by atoms with Gasteiger partial charge in [-0.15, -0.1) is 0 Å². The number of fused-ring (bicyclic) bond motifs is 1. The summed E-state index contributed by atoms with van der Waals surface area (Å²) in [5.74, 6) is 0.409. The molecule has 0 aliphatic carbocycles. The Labute approximate surface area is 198 Å². The third-order valence-corrected chi connectivity index (χ3v) is 7.75. The van der Waals surface area contributed by atoms with Crippen molar-refractivity contribution < 1.29 is 4.79 Å². The highest BCUT2D eigenvalue weighted by atomic mass is 35.5. The zero-order valence-electron chi connectivity index (χ0n) is 19.8. The number of rotatable bonds is 7. The van der Waals surface area contributed by atoms with E-state index in [2.05, 4.69) is 52.0 Å². The minimum absolute atomic E-state index is 0.154. The van der Waals surface area contributed by atoms with Gasteiger partial charge in [-0.05, 0) is 89.0 Å². The van der Waals surface area contributed by atoms with Gasteiger partial charge in [-0.1, -0.05) is 24.4 Å². The molecule has 2 saturated heterocycles. The number of likely N-dealkylation sites (tertiary alicyclic amines) is 2. The molecule has 3 heterocycles. The smallest absolute Gasteiger partial charge is 0.223 e. The van der Waals surface area contributed by atoms with Crippen LogP contribution in [0.15, 0.2) is 24.4 Å². The highest BCUT2D eigenvalue weighted by molar-refractivity contribution is 6.31. The molecule has 0 radical (unpaired) electrons. The van der Waals surface area contributed by atoms with Crippen LogP contribution in [0.5, 0.6) is 0 Å². The van der Waals surface area contributed by atoms with Crippen LogP contribution in [0.4, 0.5) is 0 Å². The second-order valence-corrected chi connectivity index (χ2v) is 10.3. The molecule has 1 aromatic carbocycles. The average Bonchev–Trinajstić information content (AvgIpc) is 2.96. The van der Waals surface area contributed by atoms with Gasteiger partial charge >= 0.3 is 0 Å². The number of amides is 1. The Morgan fingerprint density at radius 2 is 1.84 bits per heavy atom. The molecular weight excluding hydrogens is 420 g/mol. The Bertz CT molecular complexity index is 895. The fourth-order valence-electron chi connectivity index (χ4n) is 5.43. The Balaban J connectivity index is 1.21. The molecule has 2 aliphatic heterocycles. The summed E-state index contributed by atoms with van der Waals surface area (Å²) in [6.07, 6.45) is 10.5. The number of hydrogen-bond acceptors (Lipinski definition) is 3. The van der Waals surface area contributed by atoms with E-state index in [1.54, 1.807) is 0 Å². The van der Waals surface area contributed by atoms with Crippen molar-refractivity contribution in [2.45, 2.75) is 64.5 Å². The first-order valence-corrected chi connectivity index (χ1v) is 12.9. The highest BCUT2D eigenvalue weighted by Crippen LogP contribution is 2.27. The molecule has 176 valence electrons. The Kier molecular flexibility index (Phi) is 8.14. The molecule has 4 rings (SSSR count). The molecule has 1 aromatic heterocycles. The van der Waals surface area contributed by atoms with Crippen LogP contribution in [-0.4, -0.2) is 59.0 Å². The number of halogens is 1. The molecular formula is C26H39ClN4O. The minimum atomic E-state index is 0.154. The van der Waals surface area contributed by atoms with Gasteiger partial charge < -0.3 is 14.8 Å². The number of nitrogens with zero attached hydrogens (tertiary/aromatic N) is 3. The van der Waals surface area contributed by atoms with Gasteiger partial charge in [0.15, 0.2) is 0 Å². The van der Waals surface area contributed by atoms with Crippen LogP contribution in [0.2, 0.25) is 5.02 Å². The van der Waals surface area contributed by atoms with E-state index in [0.717, 1.165) is 50.5 Å². The third kappa shape index (κ3) is 5.86. The van der Waals surface area contributed by atoms with E-state index < -0.39 is 0 Å². The maximum Gasteiger partial charge on any atom is 0.223 e. The zero-order valence-corrected chi connectivity index (χ0v) is 20.5. The van der Waals surface area contributed by atoms with Gasteiger partial charge in [-0.2, -0.15) is 0 Å². The first-order valence-electron chi connectivity index (χ1n) is 12.5. The quantitative estimate of drug-likeness (QED) is 0.646. The number of carbonyl (C=O) groups excluding carboxylic acids is 1. The number of aryl methyl sites for hydroxylation is 1. The molecule has 0 saturated carbocycles. The first kappa shape index (κ1) is 23.6. The second kappa shape index (κ2) is 11.0. The normalized spacial score (nSPS) is 20.3. The Hall–Kier alpha value is -1.56. The standard InChI is InChI=1S/C26H39ClN4O/c1-20(31-13-5-3-4-6-14-31)9-12-28-26(32)21-10-15-30(16-11-21)19-22-18-29(2)25-8-7-23(27)17-24(22)25/h7-8,17-18,20-21H,3-6,9-16,19H2,1-2H3,(H,28,32)/t20-/m1/s1. The molecule has 32 heavy (non-hydrogen) atoms. The number of piperidine rings is 1. The van der Waals surface area contributed by atoms with Crippen LogP contribution >= 0.6 is 11.6 Å². The van der Waals surface area contributed by atoms with E-state index >= 15 is 0 Å². The summed E-state index contributed by atoms with van der Waals surface area (Å²) in [5, 5.41) is 5.25. The SMILES string of the molecule is C[C@H](CCNC(=O)C1CCN(Cc2cn(C)c3ccc(Cl)cc23)CC1)N1CCCCCC1. The van der Waals surface area contributed by atoms with Crippen molar-refractivity contribution in [1.29, 1.82) is 0 Å². The largest absolute Gasteiger partial charge is 0.356 e. The van der Waals surface area contributed by atoms with Gasteiger partial charge in [0.1, 0.15) is 0 Å². The molecule has 0 unspecified atom stereocenters. The molecule has 1 amide bonds. The van der Waals surface area contributed by atoms with Crippen LogP contribution in [0.1, 0.15) is 57.4 Å². The van der Waals surface area contributed by atoms with Crippen molar-refractivity contribution in [2.24, 2.45) is 13.0 Å². The lowest BCUT2D eigenvalue weighted by molar-refractivity contribution is -0.126. The van der Waals surface area contributed by atoms with Gasteiger partial charge in [0.25, 0.3) is 0 Å². The van der Waals surface area contributed by atoms with E-state index in [0.29, 0.717) is 6.04 Å². The van der Waals surface area contributed by atoms with Crippen LogP contribution in [0, 0.1) is 5.92 Å². The maximum absolute atomic E-state index is 12.7. The predicted molar refractivity (Wildman–Crippen MR) is 133 cm³/mol. The molecule has 1 N–H and O–H groups in total.